The monoisotopic (exact) mass is 458 g/mol. The Morgan fingerprint density at radius 1 is 1.03 bits per heavy atom. The summed E-state index contributed by atoms with van der Waals surface area (Å²) in [5, 5.41) is 2.74. The highest BCUT2D eigenvalue weighted by Crippen LogP contribution is 2.32. The van der Waals surface area contributed by atoms with Gasteiger partial charge in [-0.1, -0.05) is 12.5 Å². The molecular weight excluding hydrogens is 432 g/mol. The zero-order chi connectivity index (χ0) is 22.4. The summed E-state index contributed by atoms with van der Waals surface area (Å²) in [5.41, 5.74) is 0.834. The van der Waals surface area contributed by atoms with Crippen molar-refractivity contribution in [3.8, 4) is 17.2 Å². The van der Waals surface area contributed by atoms with E-state index in [1.165, 1.54) is 6.08 Å². The third kappa shape index (κ3) is 5.41. The van der Waals surface area contributed by atoms with E-state index in [2.05, 4.69) is 5.32 Å². The number of carbonyl (C=O) groups is 1. The van der Waals surface area contributed by atoms with Gasteiger partial charge in [0.05, 0.1) is 11.4 Å². The van der Waals surface area contributed by atoms with E-state index in [1.54, 1.807) is 40.7 Å². The zero-order valence-electron chi connectivity index (χ0n) is 17.7. The topological polar surface area (TPSA) is 94.2 Å². The van der Waals surface area contributed by atoms with Gasteiger partial charge in [-0.2, -0.15) is 4.31 Å². The fraction of sp³-hybridized carbons (Fsp3) is 0.348. The lowest BCUT2D eigenvalue weighted by atomic mass is 10.2. The number of amides is 1. The number of nitrogens with one attached hydrogen (secondary N) is 1. The third-order valence-electron chi connectivity index (χ3n) is 5.27. The second-order valence-corrected chi connectivity index (χ2v) is 9.46. The molecule has 1 amide bonds. The maximum absolute atomic E-state index is 12.7. The minimum absolute atomic E-state index is 0.208. The number of hydrogen-bond acceptors (Lipinski definition) is 6. The Bertz CT molecular complexity index is 1080. The minimum atomic E-state index is -3.45. The summed E-state index contributed by atoms with van der Waals surface area (Å²) in [6.07, 6.45) is 6.01. The third-order valence-corrected chi connectivity index (χ3v) is 7.18. The Morgan fingerprint density at radius 3 is 2.56 bits per heavy atom. The lowest BCUT2D eigenvalue weighted by Gasteiger charge is -2.25. The van der Waals surface area contributed by atoms with Crippen LogP contribution in [0, 0.1) is 0 Å². The highest BCUT2D eigenvalue weighted by molar-refractivity contribution is 7.89. The molecule has 9 heteroatoms. The van der Waals surface area contributed by atoms with Gasteiger partial charge in [0, 0.05) is 19.2 Å². The molecule has 4 rings (SSSR count). The standard InChI is InChI=1S/C23H26N2O6S/c26-23(11-5-18-4-10-21-22(16-18)31-17-30-21)24-12-15-29-19-6-8-20(9-7-19)32(27,28)25-13-2-1-3-14-25/h4-11,16H,1-3,12-15,17H2,(H,24,26)/b11-5+. The highest BCUT2D eigenvalue weighted by atomic mass is 32.2. The van der Waals surface area contributed by atoms with Crippen molar-refractivity contribution in [3.63, 3.8) is 0 Å². The molecule has 0 bridgehead atoms. The molecule has 2 heterocycles. The first-order valence-electron chi connectivity index (χ1n) is 10.6. The number of nitrogens with zero attached hydrogens (tertiary/aromatic N) is 1. The average Bonchev–Trinajstić information content (AvgIpc) is 3.29. The first-order chi connectivity index (χ1) is 15.5. The number of sulfonamides is 1. The van der Waals surface area contributed by atoms with Gasteiger partial charge in [-0.05, 0) is 60.9 Å². The van der Waals surface area contributed by atoms with Gasteiger partial charge in [-0.3, -0.25) is 4.79 Å². The maximum Gasteiger partial charge on any atom is 0.244 e. The van der Waals surface area contributed by atoms with Crippen molar-refractivity contribution in [1.29, 1.82) is 0 Å². The SMILES string of the molecule is O=C(/C=C/c1ccc2c(c1)OCO2)NCCOc1ccc(S(=O)(=O)N2CCCCC2)cc1. The predicted molar refractivity (Wildman–Crippen MR) is 119 cm³/mol. The molecule has 2 aromatic carbocycles. The predicted octanol–water partition coefficient (Wildman–Crippen LogP) is 2.80. The van der Waals surface area contributed by atoms with Crippen LogP contribution < -0.4 is 19.5 Å². The molecule has 32 heavy (non-hydrogen) atoms. The second kappa shape index (κ2) is 10.1. The van der Waals surface area contributed by atoms with Gasteiger partial charge in [0.1, 0.15) is 12.4 Å². The quantitative estimate of drug-likeness (QED) is 0.483. The second-order valence-electron chi connectivity index (χ2n) is 7.52. The zero-order valence-corrected chi connectivity index (χ0v) is 18.5. The fourth-order valence-corrected chi connectivity index (χ4v) is 5.07. The van der Waals surface area contributed by atoms with Crippen molar-refractivity contribution < 1.29 is 27.4 Å². The molecule has 0 unspecified atom stereocenters. The number of benzene rings is 2. The Kier molecular flexibility index (Phi) is 6.96. The molecule has 2 aliphatic rings. The maximum atomic E-state index is 12.7. The Labute approximate surface area is 187 Å². The lowest BCUT2D eigenvalue weighted by Crippen LogP contribution is -2.35. The van der Waals surface area contributed by atoms with Gasteiger partial charge in [-0.25, -0.2) is 8.42 Å². The molecule has 0 saturated carbocycles. The van der Waals surface area contributed by atoms with E-state index in [1.807, 2.05) is 12.1 Å². The van der Waals surface area contributed by atoms with Gasteiger partial charge >= 0.3 is 0 Å². The van der Waals surface area contributed by atoms with Gasteiger partial charge in [0.2, 0.25) is 22.7 Å². The molecule has 0 spiro atoms. The number of piperidine rings is 1. The molecule has 2 aromatic rings. The van der Waals surface area contributed by atoms with E-state index in [4.69, 9.17) is 14.2 Å². The Balaban J connectivity index is 1.21. The Morgan fingerprint density at radius 2 is 1.78 bits per heavy atom. The van der Waals surface area contributed by atoms with Crippen molar-refractivity contribution >= 4 is 22.0 Å². The first kappa shape index (κ1) is 22.2. The molecular formula is C23H26N2O6S. The summed E-state index contributed by atoms with van der Waals surface area (Å²) in [5.74, 6) is 1.67. The van der Waals surface area contributed by atoms with Crippen molar-refractivity contribution in [2.45, 2.75) is 24.2 Å². The molecule has 2 aliphatic heterocycles. The molecule has 1 N–H and O–H groups in total. The fourth-order valence-electron chi connectivity index (χ4n) is 3.55. The Hall–Kier alpha value is -3.04. The van der Waals surface area contributed by atoms with Gasteiger partial charge in [0.25, 0.3) is 0 Å². The summed E-state index contributed by atoms with van der Waals surface area (Å²) in [7, 11) is -3.45. The lowest BCUT2D eigenvalue weighted by molar-refractivity contribution is -0.116. The van der Waals surface area contributed by atoms with Gasteiger partial charge in [-0.15, -0.1) is 0 Å². The van der Waals surface area contributed by atoms with Crippen LogP contribution in [0.3, 0.4) is 0 Å². The molecule has 0 radical (unpaired) electrons. The van der Waals surface area contributed by atoms with Gasteiger partial charge < -0.3 is 19.5 Å². The summed E-state index contributed by atoms with van der Waals surface area (Å²) < 4.78 is 43.1. The number of carbonyl (C=O) groups excluding carboxylic acids is 1. The summed E-state index contributed by atoms with van der Waals surface area (Å²) in [6.45, 7) is 1.94. The van der Waals surface area contributed by atoms with Crippen LogP contribution in [0.1, 0.15) is 24.8 Å². The molecule has 1 fully saturated rings. The van der Waals surface area contributed by atoms with Crippen LogP contribution in [0.5, 0.6) is 17.2 Å². The normalized spacial score (nSPS) is 16.2. The van der Waals surface area contributed by atoms with Crippen LogP contribution in [0.25, 0.3) is 6.08 Å². The molecule has 8 nitrogen and oxygen atoms in total. The molecule has 0 aromatic heterocycles. The summed E-state index contributed by atoms with van der Waals surface area (Å²) in [4.78, 5) is 12.3. The van der Waals surface area contributed by atoms with Crippen molar-refractivity contribution in [2.24, 2.45) is 0 Å². The van der Waals surface area contributed by atoms with Crippen LogP contribution in [-0.2, 0) is 14.8 Å². The van der Waals surface area contributed by atoms with Crippen LogP contribution in [0.2, 0.25) is 0 Å². The van der Waals surface area contributed by atoms with E-state index < -0.39 is 10.0 Å². The van der Waals surface area contributed by atoms with Crippen LogP contribution >= 0.6 is 0 Å². The average molecular weight is 459 g/mol. The van der Waals surface area contributed by atoms with E-state index in [9.17, 15) is 13.2 Å². The molecule has 1 saturated heterocycles. The largest absolute Gasteiger partial charge is 0.492 e. The van der Waals surface area contributed by atoms with Gasteiger partial charge in [0.15, 0.2) is 11.5 Å². The number of hydrogen-bond donors (Lipinski definition) is 1. The molecule has 170 valence electrons. The van der Waals surface area contributed by atoms with E-state index in [0.717, 1.165) is 24.8 Å². The molecule has 0 atom stereocenters. The van der Waals surface area contributed by atoms with Crippen molar-refractivity contribution in [2.75, 3.05) is 33.0 Å². The van der Waals surface area contributed by atoms with E-state index in [-0.39, 0.29) is 24.2 Å². The van der Waals surface area contributed by atoms with Crippen molar-refractivity contribution in [3.05, 3.63) is 54.1 Å². The van der Waals surface area contributed by atoms with Crippen LogP contribution in [0.15, 0.2) is 53.4 Å². The smallest absolute Gasteiger partial charge is 0.244 e. The van der Waals surface area contributed by atoms with E-state index >= 15 is 0 Å². The highest BCUT2D eigenvalue weighted by Gasteiger charge is 2.25. The van der Waals surface area contributed by atoms with Crippen molar-refractivity contribution in [1.82, 2.24) is 9.62 Å². The summed E-state index contributed by atoms with van der Waals surface area (Å²) in [6, 6.07) is 11.9. The van der Waals surface area contributed by atoms with Crippen LogP contribution in [-0.4, -0.2) is 51.7 Å². The first-order valence-corrected chi connectivity index (χ1v) is 12.0. The summed E-state index contributed by atoms with van der Waals surface area (Å²) >= 11 is 0. The number of fused-ring (bicyclic) bond motifs is 1. The van der Waals surface area contributed by atoms with Crippen LogP contribution in [0.4, 0.5) is 0 Å². The number of rotatable bonds is 8. The van der Waals surface area contributed by atoms with E-state index in [0.29, 0.717) is 36.9 Å². The molecule has 0 aliphatic carbocycles. The number of ether oxygens (including phenoxy) is 3. The minimum Gasteiger partial charge on any atom is -0.492 e.